The Hall–Kier alpha value is -1.84. The zero-order chi connectivity index (χ0) is 15.1. The Balaban J connectivity index is 1.73. The summed E-state index contributed by atoms with van der Waals surface area (Å²) in [4.78, 5) is 23.9. The fourth-order valence-electron chi connectivity index (χ4n) is 2.79. The van der Waals surface area contributed by atoms with Crippen molar-refractivity contribution in [2.75, 3.05) is 6.54 Å². The lowest BCUT2D eigenvalue weighted by Crippen LogP contribution is -2.40. The lowest BCUT2D eigenvalue weighted by atomic mass is 9.89. The van der Waals surface area contributed by atoms with Crippen molar-refractivity contribution in [3.8, 4) is 0 Å². The highest BCUT2D eigenvalue weighted by Gasteiger charge is 2.21. The maximum absolute atomic E-state index is 12.0. The van der Waals surface area contributed by atoms with Crippen LogP contribution < -0.4 is 10.6 Å². The van der Waals surface area contributed by atoms with Crippen LogP contribution in [0, 0.1) is 5.92 Å². The van der Waals surface area contributed by atoms with E-state index in [-0.39, 0.29) is 30.3 Å². The quantitative estimate of drug-likeness (QED) is 0.875. The number of amides is 2. The Morgan fingerprint density at radius 3 is 2.48 bits per heavy atom. The van der Waals surface area contributed by atoms with Crippen LogP contribution in [0.15, 0.2) is 30.3 Å². The number of benzene rings is 1. The van der Waals surface area contributed by atoms with E-state index in [4.69, 9.17) is 0 Å². The largest absolute Gasteiger partial charge is 0.348 e. The zero-order valence-electron chi connectivity index (χ0n) is 12.6. The minimum absolute atomic E-state index is 0.0252. The predicted molar refractivity (Wildman–Crippen MR) is 82.6 cm³/mol. The molecule has 2 amide bonds. The second-order valence-corrected chi connectivity index (χ2v) is 5.75. The van der Waals surface area contributed by atoms with Gasteiger partial charge in [0.15, 0.2) is 0 Å². The van der Waals surface area contributed by atoms with Gasteiger partial charge in [-0.1, -0.05) is 49.6 Å². The molecule has 114 valence electrons. The van der Waals surface area contributed by atoms with Gasteiger partial charge in [0.05, 0.1) is 12.6 Å². The second kappa shape index (κ2) is 7.81. The minimum Gasteiger partial charge on any atom is -0.348 e. The molecular formula is C17H24N2O2. The summed E-state index contributed by atoms with van der Waals surface area (Å²) in [5, 5.41) is 5.66. The molecule has 2 N–H and O–H groups in total. The molecular weight excluding hydrogens is 264 g/mol. The molecule has 0 aromatic heterocycles. The van der Waals surface area contributed by atoms with Crippen LogP contribution in [0.3, 0.4) is 0 Å². The molecule has 1 fully saturated rings. The normalized spacial score (nSPS) is 17.0. The summed E-state index contributed by atoms with van der Waals surface area (Å²) in [5.74, 6) is -0.0224. The molecule has 1 aromatic carbocycles. The molecule has 0 heterocycles. The van der Waals surface area contributed by atoms with E-state index in [0.717, 1.165) is 31.2 Å². The van der Waals surface area contributed by atoms with Crippen LogP contribution in [0.5, 0.6) is 0 Å². The summed E-state index contributed by atoms with van der Waals surface area (Å²) in [6.45, 7) is 2.00. The molecule has 1 aliphatic rings. The third kappa shape index (κ3) is 4.88. The van der Waals surface area contributed by atoms with E-state index >= 15 is 0 Å². The first-order valence-corrected chi connectivity index (χ1v) is 7.79. The van der Waals surface area contributed by atoms with Gasteiger partial charge in [-0.3, -0.25) is 9.59 Å². The van der Waals surface area contributed by atoms with Gasteiger partial charge >= 0.3 is 0 Å². The van der Waals surface area contributed by atoms with Gasteiger partial charge < -0.3 is 10.6 Å². The van der Waals surface area contributed by atoms with Crippen LogP contribution in [-0.2, 0) is 9.59 Å². The molecule has 21 heavy (non-hydrogen) atoms. The van der Waals surface area contributed by atoms with Gasteiger partial charge in [-0.25, -0.2) is 0 Å². The monoisotopic (exact) mass is 288 g/mol. The first-order valence-electron chi connectivity index (χ1n) is 7.79. The third-order valence-corrected chi connectivity index (χ3v) is 4.08. The molecule has 0 unspecified atom stereocenters. The molecule has 1 saturated carbocycles. The van der Waals surface area contributed by atoms with Crippen molar-refractivity contribution >= 4 is 11.8 Å². The van der Waals surface area contributed by atoms with Gasteiger partial charge in [-0.05, 0) is 25.3 Å². The Labute approximate surface area is 126 Å². The van der Waals surface area contributed by atoms with Crippen LogP contribution in [0.25, 0.3) is 0 Å². The molecule has 0 radical (unpaired) electrons. The number of rotatable bonds is 5. The maximum Gasteiger partial charge on any atom is 0.239 e. The van der Waals surface area contributed by atoms with Crippen LogP contribution in [0.1, 0.15) is 50.6 Å². The van der Waals surface area contributed by atoms with Gasteiger partial charge in [0.1, 0.15) is 0 Å². The Morgan fingerprint density at radius 2 is 1.81 bits per heavy atom. The van der Waals surface area contributed by atoms with E-state index in [1.807, 2.05) is 37.3 Å². The Bertz CT molecular complexity index is 467. The van der Waals surface area contributed by atoms with Crippen LogP contribution >= 0.6 is 0 Å². The number of carbonyl (C=O) groups excluding carboxylic acids is 2. The predicted octanol–water partition coefficient (Wildman–Crippen LogP) is 2.56. The molecule has 4 nitrogen and oxygen atoms in total. The van der Waals surface area contributed by atoms with E-state index in [1.54, 1.807) is 0 Å². The summed E-state index contributed by atoms with van der Waals surface area (Å²) in [5.41, 5.74) is 1.06. The van der Waals surface area contributed by atoms with Gasteiger partial charge in [0, 0.05) is 5.92 Å². The van der Waals surface area contributed by atoms with E-state index in [2.05, 4.69) is 10.6 Å². The van der Waals surface area contributed by atoms with Crippen molar-refractivity contribution in [2.45, 2.75) is 45.1 Å². The number of carbonyl (C=O) groups is 2. The van der Waals surface area contributed by atoms with Crippen molar-refractivity contribution in [3.63, 3.8) is 0 Å². The van der Waals surface area contributed by atoms with Gasteiger partial charge in [0.25, 0.3) is 0 Å². The molecule has 1 aromatic rings. The Kier molecular flexibility index (Phi) is 5.78. The lowest BCUT2D eigenvalue weighted by Gasteiger charge is -2.21. The highest BCUT2D eigenvalue weighted by molar-refractivity contribution is 5.86. The summed E-state index contributed by atoms with van der Waals surface area (Å²) >= 11 is 0. The minimum atomic E-state index is -0.143. The van der Waals surface area contributed by atoms with Crippen molar-refractivity contribution in [1.82, 2.24) is 10.6 Å². The fraction of sp³-hybridized carbons (Fsp3) is 0.529. The van der Waals surface area contributed by atoms with E-state index in [9.17, 15) is 9.59 Å². The molecule has 1 atom stereocenters. The first kappa shape index (κ1) is 15.5. The maximum atomic E-state index is 12.0. The van der Waals surface area contributed by atoms with E-state index in [0.29, 0.717) is 0 Å². The van der Waals surface area contributed by atoms with Crippen molar-refractivity contribution in [2.24, 2.45) is 5.92 Å². The van der Waals surface area contributed by atoms with Crippen molar-refractivity contribution in [1.29, 1.82) is 0 Å². The van der Waals surface area contributed by atoms with E-state index in [1.165, 1.54) is 6.42 Å². The molecule has 2 rings (SSSR count). The van der Waals surface area contributed by atoms with Crippen molar-refractivity contribution < 1.29 is 9.59 Å². The van der Waals surface area contributed by atoms with Gasteiger partial charge in [-0.15, -0.1) is 0 Å². The standard InChI is InChI=1S/C17H24N2O2/c1-13(14-8-4-2-5-9-14)19-16(20)12-18-17(21)15-10-6-3-7-11-15/h2,4-5,8-9,13,15H,3,6-7,10-12H2,1H3,(H,18,21)(H,19,20)/t13-/m0/s1. The molecule has 0 saturated heterocycles. The van der Waals surface area contributed by atoms with E-state index < -0.39 is 0 Å². The summed E-state index contributed by atoms with van der Waals surface area (Å²) in [6, 6.07) is 9.75. The topological polar surface area (TPSA) is 58.2 Å². The molecule has 0 aliphatic heterocycles. The number of nitrogens with one attached hydrogen (secondary N) is 2. The van der Waals surface area contributed by atoms with Crippen molar-refractivity contribution in [3.05, 3.63) is 35.9 Å². The summed E-state index contributed by atoms with van der Waals surface area (Å²) < 4.78 is 0. The smallest absolute Gasteiger partial charge is 0.239 e. The average Bonchev–Trinajstić information content (AvgIpc) is 2.54. The SMILES string of the molecule is C[C@H](NC(=O)CNC(=O)C1CCCCC1)c1ccccc1. The number of hydrogen-bond acceptors (Lipinski definition) is 2. The first-order chi connectivity index (χ1) is 10.2. The molecule has 1 aliphatic carbocycles. The summed E-state index contributed by atoms with van der Waals surface area (Å²) in [7, 11) is 0. The highest BCUT2D eigenvalue weighted by Crippen LogP contribution is 2.23. The molecule has 0 bridgehead atoms. The average molecular weight is 288 g/mol. The van der Waals surface area contributed by atoms with Crippen LogP contribution in [0.2, 0.25) is 0 Å². The molecule has 4 heteroatoms. The number of hydrogen-bond donors (Lipinski definition) is 2. The lowest BCUT2D eigenvalue weighted by molar-refractivity contribution is -0.129. The zero-order valence-corrected chi connectivity index (χ0v) is 12.6. The Morgan fingerprint density at radius 1 is 1.14 bits per heavy atom. The highest BCUT2D eigenvalue weighted by atomic mass is 16.2. The second-order valence-electron chi connectivity index (χ2n) is 5.75. The molecule has 0 spiro atoms. The fourth-order valence-corrected chi connectivity index (χ4v) is 2.79. The van der Waals surface area contributed by atoms with Gasteiger partial charge in [0.2, 0.25) is 11.8 Å². The van der Waals surface area contributed by atoms with Crippen LogP contribution in [-0.4, -0.2) is 18.4 Å². The summed E-state index contributed by atoms with van der Waals surface area (Å²) in [6.07, 6.45) is 5.37. The van der Waals surface area contributed by atoms with Crippen LogP contribution in [0.4, 0.5) is 0 Å². The van der Waals surface area contributed by atoms with Gasteiger partial charge in [-0.2, -0.15) is 0 Å². The third-order valence-electron chi connectivity index (χ3n) is 4.08.